The number of sulfonamides is 1. The normalized spacial score (nSPS) is 11.1. The van der Waals surface area contributed by atoms with Crippen LogP contribution in [0.4, 0.5) is 5.69 Å². The zero-order chi connectivity index (χ0) is 20.9. The van der Waals surface area contributed by atoms with Gasteiger partial charge in [0.05, 0.1) is 12.0 Å². The summed E-state index contributed by atoms with van der Waals surface area (Å²) >= 11 is 0. The summed E-state index contributed by atoms with van der Waals surface area (Å²) in [6.45, 7) is -0.616. The van der Waals surface area contributed by atoms with E-state index in [1.165, 1.54) is 63.7 Å². The van der Waals surface area contributed by atoms with E-state index in [0.717, 1.165) is 4.31 Å². The van der Waals surface area contributed by atoms with Crippen LogP contribution in [0, 0.1) is 0 Å². The van der Waals surface area contributed by atoms with Crippen LogP contribution in [0.15, 0.2) is 47.4 Å². The summed E-state index contributed by atoms with van der Waals surface area (Å²) in [5.74, 6) is -1.54. The maximum absolute atomic E-state index is 12.1. The van der Waals surface area contributed by atoms with Crippen LogP contribution in [0.3, 0.4) is 0 Å². The lowest BCUT2D eigenvalue weighted by Gasteiger charge is -2.13. The number of carbonyl (C=O) groups excluding carboxylic acids is 2. The van der Waals surface area contributed by atoms with Crippen molar-refractivity contribution in [2.45, 2.75) is 4.90 Å². The van der Waals surface area contributed by atoms with E-state index in [1.54, 1.807) is 0 Å². The number of aromatic hydroxyl groups is 1. The Bertz CT molecular complexity index is 987. The van der Waals surface area contributed by atoms with E-state index >= 15 is 0 Å². The maximum atomic E-state index is 12.1. The molecule has 28 heavy (non-hydrogen) atoms. The molecule has 2 aromatic carbocycles. The van der Waals surface area contributed by atoms with E-state index in [0.29, 0.717) is 5.75 Å². The van der Waals surface area contributed by atoms with Crippen LogP contribution in [0.25, 0.3) is 0 Å². The van der Waals surface area contributed by atoms with Gasteiger partial charge in [-0.1, -0.05) is 6.07 Å². The van der Waals surface area contributed by atoms with Gasteiger partial charge in [-0.15, -0.1) is 0 Å². The molecule has 0 bridgehead atoms. The van der Waals surface area contributed by atoms with Crippen molar-refractivity contribution >= 4 is 27.6 Å². The number of nitrogens with one attached hydrogen (secondary N) is 1. The highest BCUT2D eigenvalue weighted by atomic mass is 32.2. The predicted octanol–water partition coefficient (Wildman–Crippen LogP) is 1.45. The minimum Gasteiger partial charge on any atom is -0.507 e. The first-order valence-corrected chi connectivity index (χ1v) is 9.45. The molecule has 9 nitrogen and oxygen atoms in total. The summed E-state index contributed by atoms with van der Waals surface area (Å²) in [5, 5.41) is 12.3. The van der Waals surface area contributed by atoms with Gasteiger partial charge in [0, 0.05) is 25.8 Å². The standard InChI is InChI=1S/C18H20N2O7S/c1-20(2)28(24,25)14-6-4-5-12(9-14)19-17(22)11-27-18(23)15-8-7-13(26-3)10-16(15)21/h4-10,21H,11H2,1-3H3,(H,19,22). The van der Waals surface area contributed by atoms with Gasteiger partial charge < -0.3 is 19.9 Å². The fraction of sp³-hybridized carbons (Fsp3) is 0.222. The van der Waals surface area contributed by atoms with Gasteiger partial charge >= 0.3 is 5.97 Å². The summed E-state index contributed by atoms with van der Waals surface area (Å²) < 4.78 is 35.1. The molecule has 0 saturated heterocycles. The molecule has 0 unspecified atom stereocenters. The number of ether oxygens (including phenoxy) is 2. The number of esters is 1. The Morgan fingerprint density at radius 2 is 1.86 bits per heavy atom. The predicted molar refractivity (Wildman–Crippen MR) is 101 cm³/mol. The Hall–Kier alpha value is -3.11. The molecule has 0 aliphatic heterocycles. The van der Waals surface area contributed by atoms with E-state index in [4.69, 9.17) is 9.47 Å². The van der Waals surface area contributed by atoms with E-state index in [2.05, 4.69) is 5.32 Å². The van der Waals surface area contributed by atoms with Crippen molar-refractivity contribution < 1.29 is 32.6 Å². The molecule has 0 aliphatic carbocycles. The molecule has 1 amide bonds. The van der Waals surface area contributed by atoms with Gasteiger partial charge in [-0.2, -0.15) is 0 Å². The third kappa shape index (κ3) is 4.99. The smallest absolute Gasteiger partial charge is 0.342 e. The quantitative estimate of drug-likeness (QED) is 0.665. The van der Waals surface area contributed by atoms with Crippen LogP contribution in [0.2, 0.25) is 0 Å². The van der Waals surface area contributed by atoms with Crippen molar-refractivity contribution in [3.8, 4) is 11.5 Å². The number of amides is 1. The lowest BCUT2D eigenvalue weighted by molar-refractivity contribution is -0.119. The zero-order valence-corrected chi connectivity index (χ0v) is 16.3. The van der Waals surface area contributed by atoms with Crippen molar-refractivity contribution in [3.63, 3.8) is 0 Å². The number of carbonyl (C=O) groups is 2. The van der Waals surface area contributed by atoms with E-state index < -0.39 is 28.5 Å². The van der Waals surface area contributed by atoms with Crippen LogP contribution in [0.5, 0.6) is 11.5 Å². The number of rotatable bonds is 7. The Labute approximate surface area is 162 Å². The summed E-state index contributed by atoms with van der Waals surface area (Å²) in [6, 6.07) is 9.70. The van der Waals surface area contributed by atoms with Crippen LogP contribution in [-0.4, -0.2) is 57.5 Å². The molecule has 0 aromatic heterocycles. The molecule has 2 N–H and O–H groups in total. The fourth-order valence-electron chi connectivity index (χ4n) is 2.16. The van der Waals surface area contributed by atoms with E-state index in [1.807, 2.05) is 0 Å². The van der Waals surface area contributed by atoms with E-state index in [9.17, 15) is 23.1 Å². The average molecular weight is 408 g/mol. The zero-order valence-electron chi connectivity index (χ0n) is 15.5. The monoisotopic (exact) mass is 408 g/mol. The van der Waals surface area contributed by atoms with Gasteiger partial charge in [0.25, 0.3) is 5.91 Å². The molecule has 0 spiro atoms. The molecule has 0 aliphatic rings. The topological polar surface area (TPSA) is 122 Å². The summed E-state index contributed by atoms with van der Waals surface area (Å²) in [7, 11) is 0.559. The Morgan fingerprint density at radius 3 is 2.46 bits per heavy atom. The lowest BCUT2D eigenvalue weighted by atomic mass is 10.2. The Balaban J connectivity index is 2.00. The molecule has 2 aromatic rings. The summed E-state index contributed by atoms with van der Waals surface area (Å²) in [5.41, 5.74) is 0.115. The number of hydrogen-bond donors (Lipinski definition) is 2. The molecule has 0 radical (unpaired) electrons. The second kappa shape index (κ2) is 8.72. The van der Waals surface area contributed by atoms with Crippen molar-refractivity contribution in [1.82, 2.24) is 4.31 Å². The van der Waals surface area contributed by atoms with Crippen molar-refractivity contribution in [3.05, 3.63) is 48.0 Å². The third-order valence-corrected chi connectivity index (χ3v) is 5.47. The van der Waals surface area contributed by atoms with Gasteiger partial charge in [0.2, 0.25) is 10.0 Å². The molecule has 2 rings (SSSR count). The van der Waals surface area contributed by atoms with Crippen LogP contribution >= 0.6 is 0 Å². The Kier molecular flexibility index (Phi) is 6.60. The maximum Gasteiger partial charge on any atom is 0.342 e. The highest BCUT2D eigenvalue weighted by Crippen LogP contribution is 2.24. The number of hydrogen-bond acceptors (Lipinski definition) is 7. The number of benzene rings is 2. The first-order chi connectivity index (χ1) is 13.1. The average Bonchev–Trinajstić information content (AvgIpc) is 2.66. The number of nitrogens with zero attached hydrogens (tertiary/aromatic N) is 1. The molecule has 0 saturated carbocycles. The second-order valence-corrected chi connectivity index (χ2v) is 7.97. The summed E-state index contributed by atoms with van der Waals surface area (Å²) in [6.07, 6.45) is 0. The number of anilines is 1. The largest absolute Gasteiger partial charge is 0.507 e. The van der Waals surface area contributed by atoms with E-state index in [-0.39, 0.29) is 21.9 Å². The number of phenols is 1. The van der Waals surface area contributed by atoms with Crippen LogP contribution in [-0.2, 0) is 19.6 Å². The van der Waals surface area contributed by atoms with Gasteiger partial charge in [-0.05, 0) is 30.3 Å². The highest BCUT2D eigenvalue weighted by Gasteiger charge is 2.18. The molecule has 0 atom stereocenters. The minimum absolute atomic E-state index is 0.00968. The minimum atomic E-state index is -3.65. The lowest BCUT2D eigenvalue weighted by Crippen LogP contribution is -2.23. The molecular weight excluding hydrogens is 388 g/mol. The van der Waals surface area contributed by atoms with Crippen molar-refractivity contribution in [1.29, 1.82) is 0 Å². The first kappa shape index (κ1) is 21.2. The second-order valence-electron chi connectivity index (χ2n) is 5.82. The first-order valence-electron chi connectivity index (χ1n) is 8.01. The van der Waals surface area contributed by atoms with Gasteiger partial charge in [-0.25, -0.2) is 17.5 Å². The van der Waals surface area contributed by atoms with Crippen molar-refractivity contribution in [2.75, 3.05) is 33.1 Å². The van der Waals surface area contributed by atoms with Crippen LogP contribution < -0.4 is 10.1 Å². The van der Waals surface area contributed by atoms with Gasteiger partial charge in [-0.3, -0.25) is 4.79 Å². The SMILES string of the molecule is COc1ccc(C(=O)OCC(=O)Nc2cccc(S(=O)(=O)N(C)C)c2)c(O)c1. The van der Waals surface area contributed by atoms with Crippen LogP contribution in [0.1, 0.15) is 10.4 Å². The van der Waals surface area contributed by atoms with Crippen molar-refractivity contribution in [2.24, 2.45) is 0 Å². The molecule has 0 fully saturated rings. The number of phenolic OH excluding ortho intramolecular Hbond substituents is 1. The highest BCUT2D eigenvalue weighted by molar-refractivity contribution is 7.89. The Morgan fingerprint density at radius 1 is 1.14 bits per heavy atom. The number of methoxy groups -OCH3 is 1. The molecule has 10 heteroatoms. The summed E-state index contributed by atoms with van der Waals surface area (Å²) in [4.78, 5) is 24.0. The molecule has 150 valence electrons. The molecule has 0 heterocycles. The fourth-order valence-corrected chi connectivity index (χ4v) is 3.11. The molecular formula is C18H20N2O7S. The van der Waals surface area contributed by atoms with Gasteiger partial charge in [0.15, 0.2) is 6.61 Å². The third-order valence-electron chi connectivity index (χ3n) is 3.66. The van der Waals surface area contributed by atoms with Gasteiger partial charge in [0.1, 0.15) is 17.1 Å².